The van der Waals surface area contributed by atoms with E-state index in [0.29, 0.717) is 57.3 Å². The number of imidazole rings is 1. The maximum atomic E-state index is 11.5. The highest BCUT2D eigenvalue weighted by Gasteiger charge is 2.25. The predicted molar refractivity (Wildman–Crippen MR) is 371 cm³/mol. The minimum absolute atomic E-state index is 0.00652. The number of aromatic amines is 1. The summed E-state index contributed by atoms with van der Waals surface area (Å²) < 4.78 is 64.9. The Morgan fingerprint density at radius 1 is 0.462 bits per heavy atom. The molecule has 0 radical (unpaired) electrons. The molecule has 3 aromatic rings. The highest BCUT2D eigenvalue weighted by molar-refractivity contribution is 5.81. The highest BCUT2D eigenvalue weighted by Crippen LogP contribution is 2.16. The number of nitrogens with two attached hydrogens (primary N) is 2. The molecule has 3 aromatic heterocycles. The van der Waals surface area contributed by atoms with Crippen molar-refractivity contribution in [3.8, 4) is 0 Å². The van der Waals surface area contributed by atoms with Crippen LogP contribution in [0.25, 0.3) is 11.2 Å². The number of ether oxygens (including phenoxy) is 11. The normalized spacial score (nSPS) is 15.4. The van der Waals surface area contributed by atoms with E-state index >= 15 is 0 Å². The maximum Gasteiger partial charge on any atom is 0.348 e. The van der Waals surface area contributed by atoms with Crippen molar-refractivity contribution in [1.82, 2.24) is 29.1 Å². The van der Waals surface area contributed by atoms with E-state index < -0.39 is 30.1 Å². The van der Waals surface area contributed by atoms with Gasteiger partial charge in [0.2, 0.25) is 5.95 Å². The van der Waals surface area contributed by atoms with Crippen molar-refractivity contribution in [1.29, 1.82) is 0 Å². The Hall–Kier alpha value is -3.81. The molecule has 10 N–H and O–H groups in total. The van der Waals surface area contributed by atoms with Gasteiger partial charge in [0.25, 0.3) is 5.56 Å². The lowest BCUT2D eigenvalue weighted by atomic mass is 10.2. The van der Waals surface area contributed by atoms with Gasteiger partial charge in [-0.25, -0.2) is 9.78 Å². The van der Waals surface area contributed by atoms with Crippen molar-refractivity contribution in [2.45, 2.75) is 335 Å². The van der Waals surface area contributed by atoms with Gasteiger partial charge >= 0.3 is 5.69 Å². The Bertz CT molecular complexity index is 2300. The van der Waals surface area contributed by atoms with Gasteiger partial charge in [0.1, 0.15) is 29.6 Å². The van der Waals surface area contributed by atoms with Gasteiger partial charge in [-0.15, -0.1) is 0 Å². The van der Waals surface area contributed by atoms with Crippen LogP contribution in [0.3, 0.4) is 0 Å². The largest absolute Gasteiger partial charge is 0.394 e. The van der Waals surface area contributed by atoms with Gasteiger partial charge in [0.15, 0.2) is 5.65 Å². The van der Waals surface area contributed by atoms with Gasteiger partial charge in [-0.3, -0.25) is 9.78 Å². The van der Waals surface area contributed by atoms with E-state index in [-0.39, 0.29) is 128 Å². The zero-order valence-electron chi connectivity index (χ0n) is 62.5. The first kappa shape index (κ1) is 95.6. The minimum atomic E-state index is -0.607. The van der Waals surface area contributed by atoms with Crippen LogP contribution in [0.1, 0.15) is 200 Å². The van der Waals surface area contributed by atoms with E-state index in [1.165, 1.54) is 18.9 Å². The van der Waals surface area contributed by atoms with Crippen LogP contribution in [0, 0.1) is 0 Å². The number of nitrogens with one attached hydrogen (secondary N) is 1. The summed E-state index contributed by atoms with van der Waals surface area (Å²) in [5, 5.41) is 45.9. The summed E-state index contributed by atoms with van der Waals surface area (Å²) in [6, 6.07) is 1.38. The first-order chi connectivity index (χ1) is 43.2. The molecule has 0 saturated heterocycles. The van der Waals surface area contributed by atoms with Gasteiger partial charge in [0, 0.05) is 12.3 Å². The number of aliphatic hydroxyl groups excluding tert-OH is 5. The third kappa shape index (κ3) is 53.0. The molecule has 12 atom stereocenters. The molecule has 26 heteroatoms. The van der Waals surface area contributed by atoms with E-state index in [4.69, 9.17) is 73.8 Å². The summed E-state index contributed by atoms with van der Waals surface area (Å²) in [5.41, 5.74) is 11.6. The molecular weight excluding hydrogens is 1200 g/mol. The third-order valence-corrected chi connectivity index (χ3v) is 11.7. The van der Waals surface area contributed by atoms with Crippen molar-refractivity contribution in [3.63, 3.8) is 0 Å². The van der Waals surface area contributed by atoms with Crippen molar-refractivity contribution < 1.29 is 77.6 Å². The van der Waals surface area contributed by atoms with Crippen LogP contribution in [-0.2, 0) is 65.2 Å². The van der Waals surface area contributed by atoms with Gasteiger partial charge in [-0.2, -0.15) is 9.97 Å². The quantitative estimate of drug-likeness (QED) is 0.0269. The van der Waals surface area contributed by atoms with Gasteiger partial charge in [-0.1, -0.05) is 40.5 Å². The summed E-state index contributed by atoms with van der Waals surface area (Å²) in [5.74, 6) is 0.405. The fourth-order valence-corrected chi connectivity index (χ4v) is 7.11. The Balaban J connectivity index is -0.000000525. The molecule has 0 fully saturated rings. The predicted octanol–water partition coefficient (Wildman–Crippen LogP) is 8.29. The number of hydrogen-bond donors (Lipinski definition) is 8. The molecule has 3 heterocycles. The molecular formula is C67H136N8O18. The molecule has 552 valence electrons. The van der Waals surface area contributed by atoms with Crippen LogP contribution < -0.4 is 22.7 Å². The first-order valence-corrected chi connectivity index (χ1v) is 33.6. The fourth-order valence-electron chi connectivity index (χ4n) is 7.11. The maximum absolute atomic E-state index is 11.5. The van der Waals surface area contributed by atoms with Crippen molar-refractivity contribution in [2.24, 2.45) is 0 Å². The topological polar surface area (TPSA) is 353 Å². The van der Waals surface area contributed by atoms with Gasteiger partial charge < -0.3 is 98.2 Å². The lowest BCUT2D eigenvalue weighted by Gasteiger charge is -2.28. The molecule has 0 bridgehead atoms. The number of nitrogen functional groups attached to an aromatic ring is 2. The summed E-state index contributed by atoms with van der Waals surface area (Å²) in [4.78, 5) is 36.8. The third-order valence-electron chi connectivity index (χ3n) is 11.7. The number of anilines is 2. The van der Waals surface area contributed by atoms with E-state index in [0.717, 1.165) is 0 Å². The SMILES string of the molecule is CC(C)OCC(Cn1ccc(=O)nc1N)OC(C)C.CC(C)OCC(Cn1cnc2c(N)[nH]c(=O)nc21)OC(C)C.CC(C)OC[C@@H](O[C@@H](C)CO)C(C)OC(C)C.CC(C)OC[C@H](O[C@@H](C)C(C)O)C(C)O.CC(C)OC[C@H](O[C@@H](C)CO)C(C)O.CCC.CCC. The van der Waals surface area contributed by atoms with E-state index in [2.05, 4.69) is 47.6 Å². The van der Waals surface area contributed by atoms with Crippen LogP contribution >= 0.6 is 0 Å². The van der Waals surface area contributed by atoms with Crippen LogP contribution in [0.5, 0.6) is 0 Å². The number of nitrogens with zero attached hydrogens (tertiary/aromatic N) is 5. The van der Waals surface area contributed by atoms with Crippen LogP contribution in [-0.4, -0.2) is 223 Å². The number of H-pyrrole nitrogens is 1. The molecule has 6 unspecified atom stereocenters. The number of aromatic nitrogens is 6. The Labute approximate surface area is 559 Å². The van der Waals surface area contributed by atoms with E-state index in [1.807, 2.05) is 125 Å². The molecule has 0 spiro atoms. The summed E-state index contributed by atoms with van der Waals surface area (Å²) in [7, 11) is 0. The molecule has 0 aliphatic carbocycles. The lowest BCUT2D eigenvalue weighted by molar-refractivity contribution is -0.143. The molecule has 3 rings (SSSR count). The second-order valence-electron chi connectivity index (χ2n) is 25.1. The van der Waals surface area contributed by atoms with Crippen molar-refractivity contribution >= 4 is 22.9 Å². The lowest BCUT2D eigenvalue weighted by Crippen LogP contribution is -2.38. The average Bonchev–Trinajstić information content (AvgIpc) is 1.69. The van der Waals surface area contributed by atoms with E-state index in [1.54, 1.807) is 56.3 Å². The standard InChI is InChI=1S/C14H23N5O3.C13H23N3O3.C13H28O4.C11H24O4.C10H22O4.2C3H8/c1-8(2)21-6-10(22-9(3)4)5-19-7-16-11-12(15)17-14(20)18-13(11)19;1-9(2)18-8-11(19-10(3)4)7-16-6-5-12(17)15-13(16)14;1-9(2)15-8-13(17-11(5)7-14)12(6)16-10(3)4;1-7(2)14-6-11(9(4)13)15-10(5)8(3)12;1-7(2)13-6-10(9(4)12)14-8(3)5-11;2*1-3-2/h7-10H,5-6H2,1-4H3,(H3,15,17,18,20);5-6,9-11H,7-8H2,1-4H3,(H2,14,15,17);9-14H,7-8H2,1-6H3;7-13H,6H2,1-5H3;7-12H,5-6H2,1-4H3;2*3H2,1-2H3/t;;11-,12?,13+;8?,9?,10-,11-;8-,9?,10-;;/m..000../s1. The number of aliphatic hydroxyl groups is 5. The van der Waals surface area contributed by atoms with Crippen LogP contribution in [0.15, 0.2) is 28.2 Å². The minimum Gasteiger partial charge on any atom is -0.394 e. The molecule has 93 heavy (non-hydrogen) atoms. The molecule has 0 aliphatic heterocycles. The molecule has 0 aromatic carbocycles. The monoisotopic (exact) mass is 1340 g/mol. The second kappa shape index (κ2) is 56.2. The van der Waals surface area contributed by atoms with E-state index in [9.17, 15) is 24.9 Å². The number of hydrogen-bond acceptors (Lipinski definition) is 23. The number of rotatable bonds is 37. The molecule has 26 nitrogen and oxygen atoms in total. The summed E-state index contributed by atoms with van der Waals surface area (Å²) >= 11 is 0. The fraction of sp³-hybridized carbons (Fsp3) is 0.866. The molecule has 0 amide bonds. The van der Waals surface area contributed by atoms with Gasteiger partial charge in [-0.05, 0) is 159 Å². The second-order valence-corrected chi connectivity index (χ2v) is 25.1. The molecule has 0 aliphatic rings. The zero-order chi connectivity index (χ0) is 72.7. The smallest absolute Gasteiger partial charge is 0.348 e. The Morgan fingerprint density at radius 3 is 1.18 bits per heavy atom. The number of fused-ring (bicyclic) bond motifs is 1. The Morgan fingerprint density at radius 2 is 0.828 bits per heavy atom. The summed E-state index contributed by atoms with van der Waals surface area (Å²) in [6.45, 7) is 55.3. The highest BCUT2D eigenvalue weighted by atomic mass is 16.6. The zero-order valence-corrected chi connectivity index (χ0v) is 62.5. The average molecular weight is 1340 g/mol. The Kier molecular flexibility index (Phi) is 57.8. The van der Waals surface area contributed by atoms with Crippen LogP contribution in [0.2, 0.25) is 0 Å². The van der Waals surface area contributed by atoms with Crippen LogP contribution in [0.4, 0.5) is 11.8 Å². The van der Waals surface area contributed by atoms with Crippen molar-refractivity contribution in [3.05, 3.63) is 39.4 Å². The molecule has 0 saturated carbocycles. The summed E-state index contributed by atoms with van der Waals surface area (Å²) in [6.07, 6.45) is 2.89. The van der Waals surface area contributed by atoms with Gasteiger partial charge in [0.05, 0.1) is 169 Å². The van der Waals surface area contributed by atoms with Crippen molar-refractivity contribution in [2.75, 3.05) is 57.7 Å². The first-order valence-electron chi connectivity index (χ1n) is 33.6.